The van der Waals surface area contributed by atoms with E-state index in [0.717, 1.165) is 25.5 Å². The molecule has 0 radical (unpaired) electrons. The Morgan fingerprint density at radius 3 is 1.94 bits per heavy atom. The Kier molecular flexibility index (Phi) is 12.0. The molecule has 106 valence electrons. The summed E-state index contributed by atoms with van der Waals surface area (Å²) in [4.78, 5) is 21.3. The van der Waals surface area contributed by atoms with Crippen molar-refractivity contribution < 1.29 is 14.3 Å². The number of ether oxygens (including phenoxy) is 1. The van der Waals surface area contributed by atoms with E-state index in [0.29, 0.717) is 12.8 Å². The molecule has 0 spiro atoms. The van der Waals surface area contributed by atoms with Crippen molar-refractivity contribution in [2.75, 3.05) is 0 Å². The van der Waals surface area contributed by atoms with Gasteiger partial charge in [-0.3, -0.25) is 4.79 Å². The minimum Gasteiger partial charge on any atom is -0.463 e. The van der Waals surface area contributed by atoms with E-state index in [1.807, 2.05) is 13.8 Å². The third-order valence-electron chi connectivity index (χ3n) is 2.82. The first-order valence-electron chi connectivity index (χ1n) is 7.30. The molecule has 18 heavy (non-hydrogen) atoms. The van der Waals surface area contributed by atoms with Gasteiger partial charge in [-0.15, -0.1) is 0 Å². The Morgan fingerprint density at radius 2 is 1.44 bits per heavy atom. The van der Waals surface area contributed by atoms with Crippen LogP contribution in [0.3, 0.4) is 0 Å². The lowest BCUT2D eigenvalue weighted by atomic mass is 10.1. The molecule has 0 aliphatic heterocycles. The van der Waals surface area contributed by atoms with E-state index >= 15 is 0 Å². The maximum Gasteiger partial charge on any atom is 0.306 e. The molecule has 0 atom stereocenters. The lowest BCUT2D eigenvalue weighted by molar-refractivity contribution is -0.147. The first-order chi connectivity index (χ1) is 8.66. The highest BCUT2D eigenvalue weighted by atomic mass is 16.5. The number of unbranched alkanes of at least 4 members (excludes halogenated alkanes) is 8. The summed E-state index contributed by atoms with van der Waals surface area (Å²) < 4.78 is 5.07. The second-order valence-electron chi connectivity index (χ2n) is 5.07. The van der Waals surface area contributed by atoms with Crippen LogP contribution in [0, 0.1) is 0 Å². The Morgan fingerprint density at radius 1 is 0.944 bits per heavy atom. The second kappa shape index (κ2) is 12.6. The fourth-order valence-electron chi connectivity index (χ4n) is 1.88. The smallest absolute Gasteiger partial charge is 0.306 e. The van der Waals surface area contributed by atoms with Crippen molar-refractivity contribution in [2.24, 2.45) is 0 Å². The van der Waals surface area contributed by atoms with E-state index in [1.165, 1.54) is 32.1 Å². The minimum absolute atomic E-state index is 0.00358. The fourth-order valence-corrected chi connectivity index (χ4v) is 1.88. The molecule has 0 saturated carbocycles. The largest absolute Gasteiger partial charge is 0.463 e. The van der Waals surface area contributed by atoms with Crippen LogP contribution in [-0.4, -0.2) is 18.4 Å². The SMILES string of the molecule is CC(C)OC(=O)CCCCCCCCCCC=O. The normalized spacial score (nSPS) is 10.6. The van der Waals surface area contributed by atoms with Gasteiger partial charge in [0.25, 0.3) is 0 Å². The summed E-state index contributed by atoms with van der Waals surface area (Å²) >= 11 is 0. The van der Waals surface area contributed by atoms with Gasteiger partial charge in [-0.1, -0.05) is 38.5 Å². The molecular formula is C15H28O3. The van der Waals surface area contributed by atoms with Crippen LogP contribution < -0.4 is 0 Å². The lowest BCUT2D eigenvalue weighted by Gasteiger charge is -2.07. The molecule has 0 aromatic rings. The van der Waals surface area contributed by atoms with Gasteiger partial charge < -0.3 is 9.53 Å². The zero-order chi connectivity index (χ0) is 13.6. The predicted molar refractivity (Wildman–Crippen MR) is 73.5 cm³/mol. The Bertz CT molecular complexity index is 212. The number of hydrogen-bond acceptors (Lipinski definition) is 3. The first-order valence-corrected chi connectivity index (χ1v) is 7.30. The molecule has 0 saturated heterocycles. The van der Waals surface area contributed by atoms with Crippen LogP contribution in [0.2, 0.25) is 0 Å². The maximum atomic E-state index is 11.2. The molecule has 0 unspecified atom stereocenters. The highest BCUT2D eigenvalue weighted by Gasteiger charge is 2.04. The van der Waals surface area contributed by atoms with Crippen LogP contribution >= 0.6 is 0 Å². The number of carbonyl (C=O) groups is 2. The molecule has 3 heteroatoms. The summed E-state index contributed by atoms with van der Waals surface area (Å²) in [5, 5.41) is 0. The van der Waals surface area contributed by atoms with Gasteiger partial charge in [0, 0.05) is 12.8 Å². The third kappa shape index (κ3) is 13.2. The van der Waals surface area contributed by atoms with Gasteiger partial charge in [0.1, 0.15) is 6.29 Å². The summed E-state index contributed by atoms with van der Waals surface area (Å²) in [5.41, 5.74) is 0. The summed E-state index contributed by atoms with van der Waals surface area (Å²) in [6.07, 6.45) is 11.4. The monoisotopic (exact) mass is 256 g/mol. The molecule has 0 heterocycles. The zero-order valence-corrected chi connectivity index (χ0v) is 12.0. The maximum absolute atomic E-state index is 11.2. The van der Waals surface area contributed by atoms with Crippen molar-refractivity contribution in [3.05, 3.63) is 0 Å². The number of aldehydes is 1. The van der Waals surface area contributed by atoms with E-state index in [4.69, 9.17) is 4.74 Å². The molecule has 0 amide bonds. The second-order valence-corrected chi connectivity index (χ2v) is 5.07. The van der Waals surface area contributed by atoms with Gasteiger partial charge in [-0.05, 0) is 26.7 Å². The molecule has 3 nitrogen and oxygen atoms in total. The molecule has 0 N–H and O–H groups in total. The molecule has 0 fully saturated rings. The molecular weight excluding hydrogens is 228 g/mol. The summed E-state index contributed by atoms with van der Waals surface area (Å²) in [5.74, 6) is -0.0705. The van der Waals surface area contributed by atoms with Crippen molar-refractivity contribution in [2.45, 2.75) is 84.2 Å². The summed E-state index contributed by atoms with van der Waals surface area (Å²) in [6, 6.07) is 0. The van der Waals surface area contributed by atoms with E-state index in [1.54, 1.807) is 0 Å². The number of hydrogen-bond donors (Lipinski definition) is 0. The lowest BCUT2D eigenvalue weighted by Crippen LogP contribution is -2.10. The average Bonchev–Trinajstić information content (AvgIpc) is 2.30. The van der Waals surface area contributed by atoms with Crippen LogP contribution in [0.1, 0.15) is 78.1 Å². The van der Waals surface area contributed by atoms with Gasteiger partial charge in [0.15, 0.2) is 0 Å². The highest BCUT2D eigenvalue weighted by Crippen LogP contribution is 2.10. The van der Waals surface area contributed by atoms with Crippen molar-refractivity contribution >= 4 is 12.3 Å². The van der Waals surface area contributed by atoms with Gasteiger partial charge >= 0.3 is 5.97 Å². The highest BCUT2D eigenvalue weighted by molar-refractivity contribution is 5.69. The van der Waals surface area contributed by atoms with E-state index in [2.05, 4.69) is 0 Å². The fraction of sp³-hybridized carbons (Fsp3) is 0.867. The molecule has 0 bridgehead atoms. The topological polar surface area (TPSA) is 43.4 Å². The van der Waals surface area contributed by atoms with Crippen molar-refractivity contribution in [1.29, 1.82) is 0 Å². The number of rotatable bonds is 12. The standard InChI is InChI=1S/C15H28O3/c1-14(2)18-15(17)12-10-8-6-4-3-5-7-9-11-13-16/h13-14H,3-12H2,1-2H3. The van der Waals surface area contributed by atoms with E-state index in [9.17, 15) is 9.59 Å². The minimum atomic E-state index is -0.0705. The molecule has 0 aromatic carbocycles. The molecule has 0 aliphatic rings. The van der Waals surface area contributed by atoms with Crippen molar-refractivity contribution in [1.82, 2.24) is 0 Å². The zero-order valence-electron chi connectivity index (χ0n) is 12.0. The molecule has 0 aromatic heterocycles. The van der Waals surface area contributed by atoms with Gasteiger partial charge in [-0.2, -0.15) is 0 Å². The predicted octanol–water partition coefficient (Wildman–Crippen LogP) is 4.04. The first kappa shape index (κ1) is 17.1. The Hall–Kier alpha value is -0.860. The van der Waals surface area contributed by atoms with Crippen LogP contribution in [0.15, 0.2) is 0 Å². The number of esters is 1. The average molecular weight is 256 g/mol. The summed E-state index contributed by atoms with van der Waals surface area (Å²) in [6.45, 7) is 3.75. The van der Waals surface area contributed by atoms with Gasteiger partial charge in [0.2, 0.25) is 0 Å². The van der Waals surface area contributed by atoms with Crippen LogP contribution in [-0.2, 0) is 14.3 Å². The van der Waals surface area contributed by atoms with Crippen LogP contribution in [0.25, 0.3) is 0 Å². The Labute approximate surface area is 111 Å². The molecule has 0 rings (SSSR count). The summed E-state index contributed by atoms with van der Waals surface area (Å²) in [7, 11) is 0. The van der Waals surface area contributed by atoms with Crippen LogP contribution in [0.4, 0.5) is 0 Å². The molecule has 0 aliphatic carbocycles. The van der Waals surface area contributed by atoms with Crippen LogP contribution in [0.5, 0.6) is 0 Å². The number of carbonyl (C=O) groups excluding carboxylic acids is 2. The van der Waals surface area contributed by atoms with Gasteiger partial charge in [0.05, 0.1) is 6.10 Å². The van der Waals surface area contributed by atoms with Crippen molar-refractivity contribution in [3.63, 3.8) is 0 Å². The quantitative estimate of drug-likeness (QED) is 0.301. The Balaban J connectivity index is 3.11. The van der Waals surface area contributed by atoms with E-state index < -0.39 is 0 Å². The van der Waals surface area contributed by atoms with Gasteiger partial charge in [-0.25, -0.2) is 0 Å². The van der Waals surface area contributed by atoms with E-state index in [-0.39, 0.29) is 12.1 Å². The third-order valence-corrected chi connectivity index (χ3v) is 2.82. The van der Waals surface area contributed by atoms with Crippen molar-refractivity contribution in [3.8, 4) is 0 Å².